The van der Waals surface area contributed by atoms with Gasteiger partial charge in [0, 0.05) is 51.0 Å². The summed E-state index contributed by atoms with van der Waals surface area (Å²) >= 11 is 0. The molecule has 0 spiro atoms. The molecule has 1 N–H and O–H groups in total. The quantitative estimate of drug-likeness (QED) is 0.939. The fourth-order valence-corrected chi connectivity index (χ4v) is 2.57. The highest BCUT2D eigenvalue weighted by molar-refractivity contribution is 6.03. The van der Waals surface area contributed by atoms with Gasteiger partial charge in [-0.05, 0) is 37.1 Å². The molecule has 0 saturated carbocycles. The molecule has 1 aliphatic heterocycles. The Hall–Kier alpha value is -2.63. The van der Waals surface area contributed by atoms with Gasteiger partial charge < -0.3 is 15.1 Å². The average Bonchev–Trinajstić information content (AvgIpc) is 3.10. The molecule has 1 amide bonds. The van der Waals surface area contributed by atoms with Crippen LogP contribution in [0.5, 0.6) is 0 Å². The number of hydrogen-bond acceptors (Lipinski definition) is 5. The largest absolute Gasteiger partial charge is 0.378 e. The number of hydrogen-bond donors (Lipinski definition) is 1. The minimum absolute atomic E-state index is 0.199. The van der Waals surface area contributed by atoms with Crippen molar-refractivity contribution < 1.29 is 4.79 Å². The third kappa shape index (κ3) is 3.59. The number of aromatic nitrogens is 2. The molecule has 1 saturated heterocycles. The molecule has 3 rings (SSSR count). The number of carbonyl (C=O) groups excluding carboxylic acids is 1. The van der Waals surface area contributed by atoms with E-state index >= 15 is 0 Å². The lowest BCUT2D eigenvalue weighted by molar-refractivity contribution is 0.102. The summed E-state index contributed by atoms with van der Waals surface area (Å²) in [5, 5.41) is 2.86. The molecule has 0 radical (unpaired) electrons. The molecule has 2 aromatic rings. The van der Waals surface area contributed by atoms with Gasteiger partial charge in [0.25, 0.3) is 5.91 Å². The maximum Gasteiger partial charge on any atom is 0.258 e. The van der Waals surface area contributed by atoms with Gasteiger partial charge in [-0.15, -0.1) is 0 Å². The van der Waals surface area contributed by atoms with Gasteiger partial charge in [0.15, 0.2) is 0 Å². The van der Waals surface area contributed by atoms with Gasteiger partial charge in [0.1, 0.15) is 0 Å². The number of amides is 1. The molecular formula is C17H21N5O. The van der Waals surface area contributed by atoms with Crippen molar-refractivity contribution in [2.24, 2.45) is 0 Å². The van der Waals surface area contributed by atoms with Gasteiger partial charge in [-0.25, -0.2) is 9.97 Å². The molecule has 1 fully saturated rings. The zero-order valence-corrected chi connectivity index (χ0v) is 13.5. The number of rotatable bonds is 4. The van der Waals surface area contributed by atoms with Crippen LogP contribution in [0.2, 0.25) is 0 Å². The number of carbonyl (C=O) groups is 1. The summed E-state index contributed by atoms with van der Waals surface area (Å²) in [7, 11) is 3.96. The van der Waals surface area contributed by atoms with Crippen molar-refractivity contribution in [1.82, 2.24) is 9.97 Å². The monoisotopic (exact) mass is 311 g/mol. The second kappa shape index (κ2) is 6.64. The van der Waals surface area contributed by atoms with E-state index in [2.05, 4.69) is 20.2 Å². The van der Waals surface area contributed by atoms with Crippen molar-refractivity contribution in [2.45, 2.75) is 12.8 Å². The summed E-state index contributed by atoms with van der Waals surface area (Å²) in [5.74, 6) is 0.505. The maximum absolute atomic E-state index is 12.3. The van der Waals surface area contributed by atoms with Crippen LogP contribution in [-0.2, 0) is 0 Å². The third-order valence-electron chi connectivity index (χ3n) is 3.93. The van der Waals surface area contributed by atoms with E-state index in [0.29, 0.717) is 11.5 Å². The minimum atomic E-state index is -0.199. The lowest BCUT2D eigenvalue weighted by atomic mass is 10.2. The molecular weight excluding hydrogens is 290 g/mol. The van der Waals surface area contributed by atoms with E-state index in [-0.39, 0.29) is 5.91 Å². The van der Waals surface area contributed by atoms with Gasteiger partial charge in [-0.1, -0.05) is 0 Å². The van der Waals surface area contributed by atoms with E-state index in [0.717, 1.165) is 24.5 Å². The lowest BCUT2D eigenvalue weighted by Gasteiger charge is -2.15. The first-order chi connectivity index (χ1) is 11.1. The minimum Gasteiger partial charge on any atom is -0.378 e. The van der Waals surface area contributed by atoms with Crippen LogP contribution in [-0.4, -0.2) is 43.1 Å². The Labute approximate surface area is 136 Å². The summed E-state index contributed by atoms with van der Waals surface area (Å²) in [6.45, 7) is 1.98. The van der Waals surface area contributed by atoms with Crippen molar-refractivity contribution in [3.63, 3.8) is 0 Å². The first kappa shape index (κ1) is 15.3. The Bertz CT molecular complexity index is 660. The first-order valence-corrected chi connectivity index (χ1v) is 7.79. The molecule has 1 aromatic heterocycles. The van der Waals surface area contributed by atoms with E-state index in [4.69, 9.17) is 0 Å². The normalized spacial score (nSPS) is 13.9. The molecule has 1 aliphatic rings. The number of nitrogens with one attached hydrogen (secondary N) is 1. The first-order valence-electron chi connectivity index (χ1n) is 7.79. The van der Waals surface area contributed by atoms with Crippen molar-refractivity contribution in [1.29, 1.82) is 0 Å². The molecule has 0 atom stereocenters. The summed E-state index contributed by atoms with van der Waals surface area (Å²) < 4.78 is 0. The summed E-state index contributed by atoms with van der Waals surface area (Å²) in [6, 6.07) is 7.69. The molecule has 1 aromatic carbocycles. The maximum atomic E-state index is 12.3. The van der Waals surface area contributed by atoms with Gasteiger partial charge in [0.2, 0.25) is 5.95 Å². The van der Waals surface area contributed by atoms with Crippen molar-refractivity contribution >= 4 is 23.2 Å². The van der Waals surface area contributed by atoms with Crippen LogP contribution in [0.3, 0.4) is 0 Å². The lowest BCUT2D eigenvalue weighted by Crippen LogP contribution is -2.21. The number of anilines is 3. The Kier molecular flexibility index (Phi) is 4.41. The van der Waals surface area contributed by atoms with Gasteiger partial charge >= 0.3 is 0 Å². The Morgan fingerprint density at radius 3 is 2.26 bits per heavy atom. The third-order valence-corrected chi connectivity index (χ3v) is 3.93. The molecule has 0 aliphatic carbocycles. The van der Waals surface area contributed by atoms with Crippen LogP contribution < -0.4 is 15.1 Å². The highest BCUT2D eigenvalue weighted by atomic mass is 16.1. The molecule has 120 valence electrons. The zero-order valence-electron chi connectivity index (χ0n) is 13.5. The summed E-state index contributed by atoms with van der Waals surface area (Å²) in [6.07, 6.45) is 5.53. The standard InChI is InChI=1S/C17H21N5O/c1-21(2)15-7-5-14(6-8-15)20-16(23)13-11-18-17(19-12-13)22-9-3-4-10-22/h5-8,11-12H,3-4,9-10H2,1-2H3,(H,20,23). The van der Waals surface area contributed by atoms with Crippen LogP contribution in [0.25, 0.3) is 0 Å². The van der Waals surface area contributed by atoms with Crippen LogP contribution in [0.1, 0.15) is 23.2 Å². The second-order valence-corrected chi connectivity index (χ2v) is 5.86. The number of nitrogens with zero attached hydrogens (tertiary/aromatic N) is 4. The van der Waals surface area contributed by atoms with Crippen molar-refractivity contribution in [3.05, 3.63) is 42.2 Å². The summed E-state index contributed by atoms with van der Waals surface area (Å²) in [5.41, 5.74) is 2.30. The van der Waals surface area contributed by atoms with Crippen LogP contribution >= 0.6 is 0 Å². The predicted molar refractivity (Wildman–Crippen MR) is 92.2 cm³/mol. The van der Waals surface area contributed by atoms with E-state index in [1.165, 1.54) is 12.8 Å². The fourth-order valence-electron chi connectivity index (χ4n) is 2.57. The molecule has 6 nitrogen and oxygen atoms in total. The topological polar surface area (TPSA) is 61.4 Å². The van der Waals surface area contributed by atoms with Crippen LogP contribution in [0.4, 0.5) is 17.3 Å². The van der Waals surface area contributed by atoms with Crippen molar-refractivity contribution in [3.8, 4) is 0 Å². The predicted octanol–water partition coefficient (Wildman–Crippen LogP) is 2.40. The fraction of sp³-hybridized carbons (Fsp3) is 0.353. The van der Waals surface area contributed by atoms with Crippen LogP contribution in [0, 0.1) is 0 Å². The molecule has 0 bridgehead atoms. The van der Waals surface area contributed by atoms with E-state index in [1.54, 1.807) is 12.4 Å². The molecule has 2 heterocycles. The summed E-state index contributed by atoms with van der Waals surface area (Å²) in [4.78, 5) is 25.0. The molecule has 23 heavy (non-hydrogen) atoms. The Balaban J connectivity index is 1.65. The highest BCUT2D eigenvalue weighted by Gasteiger charge is 2.15. The highest BCUT2D eigenvalue weighted by Crippen LogP contribution is 2.17. The van der Waals surface area contributed by atoms with Gasteiger partial charge in [-0.3, -0.25) is 4.79 Å². The Morgan fingerprint density at radius 1 is 1.09 bits per heavy atom. The average molecular weight is 311 g/mol. The van der Waals surface area contributed by atoms with Gasteiger partial charge in [0.05, 0.1) is 5.56 Å². The Morgan fingerprint density at radius 2 is 1.70 bits per heavy atom. The van der Waals surface area contributed by atoms with E-state index in [1.807, 2.05) is 43.3 Å². The van der Waals surface area contributed by atoms with E-state index in [9.17, 15) is 4.79 Å². The van der Waals surface area contributed by atoms with Crippen LogP contribution in [0.15, 0.2) is 36.7 Å². The molecule has 6 heteroatoms. The SMILES string of the molecule is CN(C)c1ccc(NC(=O)c2cnc(N3CCCC3)nc2)cc1. The van der Waals surface area contributed by atoms with Gasteiger partial charge in [-0.2, -0.15) is 0 Å². The zero-order chi connectivity index (χ0) is 16.2. The second-order valence-electron chi connectivity index (χ2n) is 5.86. The van der Waals surface area contributed by atoms with Crippen molar-refractivity contribution in [2.75, 3.05) is 42.3 Å². The van der Waals surface area contributed by atoms with E-state index < -0.39 is 0 Å². The molecule has 0 unspecified atom stereocenters. The number of benzene rings is 1. The smallest absolute Gasteiger partial charge is 0.258 e.